The summed E-state index contributed by atoms with van der Waals surface area (Å²) in [7, 11) is 0. The molecule has 0 aliphatic heterocycles. The maximum Gasteiger partial charge on any atom is 0.127 e. The highest BCUT2D eigenvalue weighted by Gasteiger charge is 2.14. The summed E-state index contributed by atoms with van der Waals surface area (Å²) in [5, 5.41) is 3.35. The van der Waals surface area contributed by atoms with Crippen LogP contribution in [0.4, 0.5) is 4.39 Å². The van der Waals surface area contributed by atoms with Crippen molar-refractivity contribution in [3.63, 3.8) is 0 Å². The van der Waals surface area contributed by atoms with Crippen LogP contribution in [-0.4, -0.2) is 11.5 Å². The molecule has 100 valence electrons. The molecular formula is C16H19FN2. The quantitative estimate of drug-likeness (QED) is 0.857. The molecule has 0 aliphatic carbocycles. The predicted molar refractivity (Wildman–Crippen MR) is 75.4 cm³/mol. The van der Waals surface area contributed by atoms with Crippen LogP contribution in [0, 0.1) is 5.82 Å². The van der Waals surface area contributed by atoms with Crippen LogP contribution < -0.4 is 5.32 Å². The third kappa shape index (κ3) is 3.86. The Kier molecular flexibility index (Phi) is 5.04. The number of aryl methyl sites for hydroxylation is 1. The lowest BCUT2D eigenvalue weighted by atomic mass is 9.99. The summed E-state index contributed by atoms with van der Waals surface area (Å²) in [4.78, 5) is 4.10. The highest BCUT2D eigenvalue weighted by Crippen LogP contribution is 2.21. The van der Waals surface area contributed by atoms with Gasteiger partial charge in [-0.1, -0.05) is 31.2 Å². The second kappa shape index (κ2) is 7.00. The van der Waals surface area contributed by atoms with Crippen LogP contribution in [-0.2, 0) is 6.42 Å². The van der Waals surface area contributed by atoms with E-state index in [1.54, 1.807) is 12.3 Å². The molecule has 1 unspecified atom stereocenters. The summed E-state index contributed by atoms with van der Waals surface area (Å²) in [5.41, 5.74) is 1.93. The molecule has 1 aromatic carbocycles. The molecule has 1 heterocycles. The van der Waals surface area contributed by atoms with Gasteiger partial charge in [-0.15, -0.1) is 0 Å². The van der Waals surface area contributed by atoms with Gasteiger partial charge in [0.2, 0.25) is 0 Å². The van der Waals surface area contributed by atoms with Gasteiger partial charge in [0.15, 0.2) is 0 Å². The van der Waals surface area contributed by atoms with Crippen molar-refractivity contribution in [2.75, 3.05) is 6.54 Å². The Morgan fingerprint density at radius 1 is 1.21 bits per heavy atom. The maximum absolute atomic E-state index is 13.8. The maximum atomic E-state index is 13.8. The SMILES string of the molecule is CCNC(CCc1cccnc1)c1ccccc1F. The summed E-state index contributed by atoms with van der Waals surface area (Å²) in [5.74, 6) is -0.139. The lowest BCUT2D eigenvalue weighted by Gasteiger charge is -2.19. The van der Waals surface area contributed by atoms with Crippen LogP contribution in [0.2, 0.25) is 0 Å². The van der Waals surface area contributed by atoms with Gasteiger partial charge in [-0.25, -0.2) is 4.39 Å². The van der Waals surface area contributed by atoms with Gasteiger partial charge in [0.1, 0.15) is 5.82 Å². The Morgan fingerprint density at radius 3 is 2.74 bits per heavy atom. The minimum atomic E-state index is -0.139. The van der Waals surface area contributed by atoms with Crippen molar-refractivity contribution in [1.82, 2.24) is 10.3 Å². The molecule has 2 aromatic rings. The summed E-state index contributed by atoms with van der Waals surface area (Å²) in [6.45, 7) is 2.87. The number of halogens is 1. The van der Waals surface area contributed by atoms with E-state index >= 15 is 0 Å². The van der Waals surface area contributed by atoms with E-state index in [9.17, 15) is 4.39 Å². The number of pyridine rings is 1. The third-order valence-corrected chi connectivity index (χ3v) is 3.18. The number of hydrogen-bond acceptors (Lipinski definition) is 2. The van der Waals surface area contributed by atoms with Gasteiger partial charge in [0.25, 0.3) is 0 Å². The first kappa shape index (κ1) is 13.7. The molecule has 2 rings (SSSR count). The van der Waals surface area contributed by atoms with Crippen LogP contribution in [0.3, 0.4) is 0 Å². The molecule has 0 fully saturated rings. The molecule has 3 heteroatoms. The zero-order valence-electron chi connectivity index (χ0n) is 11.1. The van der Waals surface area contributed by atoms with E-state index in [0.717, 1.165) is 24.9 Å². The standard InChI is InChI=1S/C16H19FN2/c1-2-19-16(14-7-3-4-8-15(14)17)10-9-13-6-5-11-18-12-13/h3-8,11-12,16,19H,2,9-10H2,1H3. The molecule has 0 radical (unpaired) electrons. The van der Waals surface area contributed by atoms with Gasteiger partial charge in [0.05, 0.1) is 0 Å². The number of nitrogens with one attached hydrogen (secondary N) is 1. The fraction of sp³-hybridized carbons (Fsp3) is 0.312. The Bertz CT molecular complexity index is 499. The van der Waals surface area contributed by atoms with Crippen molar-refractivity contribution < 1.29 is 4.39 Å². The van der Waals surface area contributed by atoms with Crippen LogP contribution in [0.5, 0.6) is 0 Å². The average molecular weight is 258 g/mol. The van der Waals surface area contributed by atoms with Crippen molar-refractivity contribution in [1.29, 1.82) is 0 Å². The van der Waals surface area contributed by atoms with E-state index in [4.69, 9.17) is 0 Å². The molecule has 0 aliphatic rings. The molecule has 1 N–H and O–H groups in total. The number of hydrogen-bond donors (Lipinski definition) is 1. The van der Waals surface area contributed by atoms with Gasteiger partial charge < -0.3 is 5.32 Å². The van der Waals surface area contributed by atoms with Gasteiger partial charge in [0, 0.05) is 24.0 Å². The summed E-state index contributed by atoms with van der Waals surface area (Å²) >= 11 is 0. The predicted octanol–water partition coefficient (Wildman–Crippen LogP) is 3.50. The molecule has 19 heavy (non-hydrogen) atoms. The first-order valence-corrected chi connectivity index (χ1v) is 6.68. The van der Waals surface area contributed by atoms with E-state index in [0.29, 0.717) is 0 Å². The Labute approximate surface area is 113 Å². The minimum absolute atomic E-state index is 0.0476. The molecule has 1 aromatic heterocycles. The fourth-order valence-corrected chi connectivity index (χ4v) is 2.23. The Hall–Kier alpha value is -1.74. The van der Waals surface area contributed by atoms with Gasteiger partial charge in [-0.2, -0.15) is 0 Å². The topological polar surface area (TPSA) is 24.9 Å². The Morgan fingerprint density at radius 2 is 2.05 bits per heavy atom. The van der Waals surface area contributed by atoms with Crippen LogP contribution in [0.1, 0.15) is 30.5 Å². The van der Waals surface area contributed by atoms with Crippen molar-refractivity contribution in [3.05, 3.63) is 65.7 Å². The Balaban J connectivity index is 2.07. The molecule has 0 bridgehead atoms. The summed E-state index contributed by atoms with van der Waals surface area (Å²) < 4.78 is 13.8. The highest BCUT2D eigenvalue weighted by molar-refractivity contribution is 5.22. The van der Waals surface area contributed by atoms with Crippen molar-refractivity contribution in [3.8, 4) is 0 Å². The summed E-state index contributed by atoms with van der Waals surface area (Å²) in [6.07, 6.45) is 5.38. The zero-order chi connectivity index (χ0) is 13.5. The second-order valence-corrected chi connectivity index (χ2v) is 4.53. The third-order valence-electron chi connectivity index (χ3n) is 3.18. The number of nitrogens with zero attached hydrogens (tertiary/aromatic N) is 1. The smallest absolute Gasteiger partial charge is 0.127 e. The molecule has 0 saturated heterocycles. The van der Waals surface area contributed by atoms with Crippen LogP contribution >= 0.6 is 0 Å². The van der Waals surface area contributed by atoms with E-state index in [-0.39, 0.29) is 11.9 Å². The largest absolute Gasteiger partial charge is 0.310 e. The fourth-order valence-electron chi connectivity index (χ4n) is 2.23. The van der Waals surface area contributed by atoms with Gasteiger partial charge >= 0.3 is 0 Å². The van der Waals surface area contributed by atoms with E-state index in [2.05, 4.69) is 16.4 Å². The second-order valence-electron chi connectivity index (χ2n) is 4.53. The zero-order valence-corrected chi connectivity index (χ0v) is 11.1. The highest BCUT2D eigenvalue weighted by atomic mass is 19.1. The van der Waals surface area contributed by atoms with Gasteiger partial charge in [-0.05, 0) is 37.1 Å². The normalized spacial score (nSPS) is 12.3. The van der Waals surface area contributed by atoms with E-state index < -0.39 is 0 Å². The first-order chi connectivity index (χ1) is 9.31. The van der Waals surface area contributed by atoms with Crippen LogP contribution in [0.15, 0.2) is 48.8 Å². The molecule has 0 saturated carbocycles. The van der Waals surface area contributed by atoms with E-state index in [1.807, 2.05) is 31.3 Å². The number of aromatic nitrogens is 1. The summed E-state index contributed by atoms with van der Waals surface area (Å²) in [6, 6.07) is 11.0. The lowest BCUT2D eigenvalue weighted by molar-refractivity contribution is 0.485. The number of benzene rings is 1. The number of rotatable bonds is 6. The van der Waals surface area contributed by atoms with Crippen molar-refractivity contribution >= 4 is 0 Å². The first-order valence-electron chi connectivity index (χ1n) is 6.68. The lowest BCUT2D eigenvalue weighted by Crippen LogP contribution is -2.22. The van der Waals surface area contributed by atoms with Crippen molar-refractivity contribution in [2.45, 2.75) is 25.8 Å². The molecule has 0 amide bonds. The monoisotopic (exact) mass is 258 g/mol. The molecular weight excluding hydrogens is 239 g/mol. The molecule has 2 nitrogen and oxygen atoms in total. The van der Waals surface area contributed by atoms with Crippen LogP contribution in [0.25, 0.3) is 0 Å². The minimum Gasteiger partial charge on any atom is -0.310 e. The molecule has 1 atom stereocenters. The van der Waals surface area contributed by atoms with Gasteiger partial charge in [-0.3, -0.25) is 4.98 Å². The molecule has 0 spiro atoms. The van der Waals surface area contributed by atoms with E-state index in [1.165, 1.54) is 11.6 Å². The van der Waals surface area contributed by atoms with Crippen molar-refractivity contribution in [2.24, 2.45) is 0 Å². The average Bonchev–Trinajstić information content (AvgIpc) is 2.45.